The van der Waals surface area contributed by atoms with E-state index in [1.807, 2.05) is 20.8 Å². The molecule has 2 aliphatic rings. The van der Waals surface area contributed by atoms with E-state index in [1.54, 1.807) is 4.68 Å². The van der Waals surface area contributed by atoms with Crippen molar-refractivity contribution in [3.63, 3.8) is 0 Å². The normalized spacial score (nSPS) is 21.1. The van der Waals surface area contributed by atoms with Gasteiger partial charge in [-0.15, -0.1) is 0 Å². The molecule has 21 heavy (non-hydrogen) atoms. The Morgan fingerprint density at radius 1 is 1.29 bits per heavy atom. The summed E-state index contributed by atoms with van der Waals surface area (Å²) in [6.07, 6.45) is 3.41. The summed E-state index contributed by atoms with van der Waals surface area (Å²) in [6.45, 7) is 7.96. The van der Waals surface area contributed by atoms with E-state index < -0.39 is 0 Å². The predicted octanol–water partition coefficient (Wildman–Crippen LogP) is 2.01. The van der Waals surface area contributed by atoms with Crippen LogP contribution in [0.3, 0.4) is 0 Å². The molecule has 1 saturated heterocycles. The number of piperidine rings is 1. The van der Waals surface area contributed by atoms with Crippen molar-refractivity contribution in [2.75, 3.05) is 13.1 Å². The Hall–Kier alpha value is -1.67. The summed E-state index contributed by atoms with van der Waals surface area (Å²) in [5.74, 6) is 0.155. The third-order valence-electron chi connectivity index (χ3n) is 4.74. The fourth-order valence-electron chi connectivity index (χ4n) is 3.65. The van der Waals surface area contributed by atoms with Crippen LogP contribution in [0.25, 0.3) is 0 Å². The lowest BCUT2D eigenvalue weighted by molar-refractivity contribution is 0.0815. The van der Waals surface area contributed by atoms with Crippen LogP contribution < -0.4 is 5.32 Å². The van der Waals surface area contributed by atoms with E-state index in [0.29, 0.717) is 17.8 Å². The molecular weight excluding hydrogens is 264 g/mol. The molecule has 1 fully saturated rings. The summed E-state index contributed by atoms with van der Waals surface area (Å²) in [5.41, 5.74) is 1.74. The Labute approximate surface area is 125 Å². The predicted molar refractivity (Wildman–Crippen MR) is 79.1 cm³/mol. The van der Waals surface area contributed by atoms with Crippen molar-refractivity contribution in [2.24, 2.45) is 5.41 Å². The topological polar surface area (TPSA) is 70.7 Å². The summed E-state index contributed by atoms with van der Waals surface area (Å²) >= 11 is 0. The zero-order chi connectivity index (χ0) is 15.3. The van der Waals surface area contributed by atoms with Gasteiger partial charge in [-0.25, -0.2) is 0 Å². The van der Waals surface area contributed by atoms with Gasteiger partial charge in [0, 0.05) is 12.0 Å². The van der Waals surface area contributed by atoms with Gasteiger partial charge in [0.25, 0.3) is 0 Å². The monoisotopic (exact) mass is 286 g/mol. The number of ketones is 1. The second-order valence-electron chi connectivity index (χ2n) is 7.40. The number of hydrogen-bond acceptors (Lipinski definition) is 4. The van der Waals surface area contributed by atoms with E-state index in [9.17, 15) is 10.1 Å². The van der Waals surface area contributed by atoms with Gasteiger partial charge in [0.15, 0.2) is 11.5 Å². The Morgan fingerprint density at radius 3 is 2.52 bits per heavy atom. The molecule has 0 aromatic carbocycles. The number of Topliss-reactive ketones (excluding diaryl/α,β-unsaturated/α-hetero) is 1. The molecule has 1 N–H and O–H groups in total. The number of aromatic nitrogens is 2. The molecule has 0 bridgehead atoms. The summed E-state index contributed by atoms with van der Waals surface area (Å²) < 4.78 is 1.76. The molecule has 0 atom stereocenters. The van der Waals surface area contributed by atoms with E-state index in [-0.39, 0.29) is 16.7 Å². The summed E-state index contributed by atoms with van der Waals surface area (Å²) in [7, 11) is 0. The fourth-order valence-corrected chi connectivity index (χ4v) is 3.65. The van der Waals surface area contributed by atoms with Crippen LogP contribution in [0.4, 0.5) is 0 Å². The molecular formula is C16H22N4O. The van der Waals surface area contributed by atoms with Crippen LogP contribution in [0.5, 0.6) is 0 Å². The highest BCUT2D eigenvalue weighted by Gasteiger charge is 2.43. The zero-order valence-corrected chi connectivity index (χ0v) is 13.0. The average molecular weight is 286 g/mol. The molecule has 1 aliphatic carbocycles. The molecule has 0 amide bonds. The largest absolute Gasteiger partial charge is 0.317 e. The molecule has 3 rings (SSSR count). The van der Waals surface area contributed by atoms with Gasteiger partial charge in [0.2, 0.25) is 0 Å². The summed E-state index contributed by atoms with van der Waals surface area (Å²) in [6, 6.07) is 2.19. The van der Waals surface area contributed by atoms with Crippen molar-refractivity contribution in [2.45, 2.75) is 52.0 Å². The third-order valence-corrected chi connectivity index (χ3v) is 4.74. The van der Waals surface area contributed by atoms with Crippen LogP contribution in [0.15, 0.2) is 0 Å². The van der Waals surface area contributed by atoms with Crippen molar-refractivity contribution in [1.29, 1.82) is 5.26 Å². The van der Waals surface area contributed by atoms with Crippen LogP contribution in [0, 0.1) is 16.7 Å². The molecule has 1 spiro atoms. The van der Waals surface area contributed by atoms with Gasteiger partial charge in [0.1, 0.15) is 11.8 Å². The van der Waals surface area contributed by atoms with E-state index in [4.69, 9.17) is 0 Å². The van der Waals surface area contributed by atoms with E-state index in [2.05, 4.69) is 16.5 Å². The number of fused-ring (bicyclic) bond motifs is 1. The van der Waals surface area contributed by atoms with Crippen molar-refractivity contribution in [3.8, 4) is 6.07 Å². The summed E-state index contributed by atoms with van der Waals surface area (Å²) in [5, 5.41) is 17.2. The van der Waals surface area contributed by atoms with Gasteiger partial charge < -0.3 is 5.32 Å². The van der Waals surface area contributed by atoms with Crippen LogP contribution in [-0.4, -0.2) is 28.7 Å². The third kappa shape index (κ3) is 2.28. The average Bonchev–Trinajstić information content (AvgIpc) is 2.78. The maximum atomic E-state index is 12.8. The maximum absolute atomic E-state index is 12.8. The molecule has 0 radical (unpaired) electrons. The molecule has 5 heteroatoms. The molecule has 2 heterocycles. The van der Waals surface area contributed by atoms with Crippen LogP contribution >= 0.6 is 0 Å². The minimum absolute atomic E-state index is 0.0344. The first-order valence-corrected chi connectivity index (χ1v) is 7.63. The van der Waals surface area contributed by atoms with Gasteiger partial charge in [0.05, 0.1) is 5.54 Å². The molecule has 5 nitrogen and oxygen atoms in total. The number of nitriles is 1. The minimum Gasteiger partial charge on any atom is -0.317 e. The van der Waals surface area contributed by atoms with Gasteiger partial charge in [-0.05, 0) is 58.5 Å². The lowest BCUT2D eigenvalue weighted by Gasteiger charge is -2.40. The molecule has 0 unspecified atom stereocenters. The first kappa shape index (κ1) is 14.3. The number of carbonyl (C=O) groups is 1. The first-order valence-electron chi connectivity index (χ1n) is 7.63. The fraction of sp³-hybridized carbons (Fsp3) is 0.688. The van der Waals surface area contributed by atoms with Gasteiger partial charge >= 0.3 is 0 Å². The molecule has 1 aromatic heterocycles. The first-order chi connectivity index (χ1) is 9.86. The Balaban J connectivity index is 2.11. The quantitative estimate of drug-likeness (QED) is 0.792. The highest BCUT2D eigenvalue weighted by Crippen LogP contribution is 2.43. The SMILES string of the molecule is CC(C)(C)n1nc(C#N)c2c1C(=O)CC1(CCNCC1)C2. The lowest BCUT2D eigenvalue weighted by Crippen LogP contribution is -2.43. The number of nitrogens with zero attached hydrogens (tertiary/aromatic N) is 3. The van der Waals surface area contributed by atoms with E-state index >= 15 is 0 Å². The Morgan fingerprint density at radius 2 is 1.95 bits per heavy atom. The second kappa shape index (κ2) is 4.67. The Bertz CT molecular complexity index is 624. The highest BCUT2D eigenvalue weighted by atomic mass is 16.1. The van der Waals surface area contributed by atoms with Crippen molar-refractivity contribution in [1.82, 2.24) is 15.1 Å². The van der Waals surface area contributed by atoms with E-state index in [0.717, 1.165) is 37.9 Å². The van der Waals surface area contributed by atoms with Crippen molar-refractivity contribution >= 4 is 5.78 Å². The summed E-state index contributed by atoms with van der Waals surface area (Å²) in [4.78, 5) is 12.8. The van der Waals surface area contributed by atoms with Gasteiger partial charge in [-0.2, -0.15) is 10.4 Å². The smallest absolute Gasteiger partial charge is 0.181 e. The zero-order valence-electron chi connectivity index (χ0n) is 13.0. The second-order valence-corrected chi connectivity index (χ2v) is 7.40. The molecule has 1 aromatic rings. The number of rotatable bonds is 0. The van der Waals surface area contributed by atoms with Gasteiger partial charge in [-0.1, -0.05) is 0 Å². The highest BCUT2D eigenvalue weighted by molar-refractivity contribution is 5.98. The Kier molecular flexibility index (Phi) is 3.18. The standard InChI is InChI=1S/C16H22N4O/c1-15(2,3)20-14-11(12(10-17)19-20)8-16(9-13(14)21)4-6-18-7-5-16/h18H,4-9H2,1-3H3. The minimum atomic E-state index is -0.284. The lowest BCUT2D eigenvalue weighted by atomic mass is 9.67. The number of carbonyl (C=O) groups excluding carboxylic acids is 1. The van der Waals surface area contributed by atoms with Crippen LogP contribution in [0.1, 0.15) is 61.8 Å². The number of hydrogen-bond donors (Lipinski definition) is 1. The van der Waals surface area contributed by atoms with Crippen molar-refractivity contribution < 1.29 is 4.79 Å². The molecule has 112 valence electrons. The van der Waals surface area contributed by atoms with Crippen molar-refractivity contribution in [3.05, 3.63) is 17.0 Å². The van der Waals surface area contributed by atoms with Crippen LogP contribution in [-0.2, 0) is 12.0 Å². The number of nitrogens with one attached hydrogen (secondary N) is 1. The molecule has 1 aliphatic heterocycles. The van der Waals surface area contributed by atoms with Crippen LogP contribution in [0.2, 0.25) is 0 Å². The van der Waals surface area contributed by atoms with Gasteiger partial charge in [-0.3, -0.25) is 9.48 Å². The maximum Gasteiger partial charge on any atom is 0.181 e. The molecule has 0 saturated carbocycles. The van der Waals surface area contributed by atoms with E-state index in [1.165, 1.54) is 0 Å².